The first kappa shape index (κ1) is 14.0. The van der Waals surface area contributed by atoms with Gasteiger partial charge in [-0.3, -0.25) is 9.59 Å². The van der Waals surface area contributed by atoms with E-state index in [-0.39, 0.29) is 35.5 Å². The van der Waals surface area contributed by atoms with Crippen LogP contribution in [-0.4, -0.2) is 11.8 Å². The van der Waals surface area contributed by atoms with Gasteiger partial charge in [-0.05, 0) is 60.3 Å². The molecular weight excluding hydrogens is 354 g/mol. The molecule has 0 spiro atoms. The number of rotatable bonds is 2. The first-order valence-electron chi connectivity index (χ1n) is 8.46. The zero-order valence-electron chi connectivity index (χ0n) is 12.9. The van der Waals surface area contributed by atoms with Crippen LogP contribution in [0.15, 0.2) is 34.8 Å². The van der Waals surface area contributed by atoms with Gasteiger partial charge < -0.3 is 0 Å². The van der Waals surface area contributed by atoms with Crippen LogP contribution in [0.3, 0.4) is 0 Å². The molecule has 1 saturated heterocycles. The van der Waals surface area contributed by atoms with E-state index in [9.17, 15) is 9.59 Å². The van der Waals surface area contributed by atoms with Crippen LogP contribution in [0.1, 0.15) is 18.9 Å². The van der Waals surface area contributed by atoms with Crippen LogP contribution in [0.2, 0.25) is 0 Å². The topological polar surface area (TPSA) is 37.4 Å². The third kappa shape index (κ3) is 1.70. The maximum absolute atomic E-state index is 13.1. The van der Waals surface area contributed by atoms with Crippen molar-refractivity contribution >= 4 is 33.4 Å². The number of nitrogens with zero attached hydrogens (tertiary/aromatic N) is 1. The normalized spacial score (nSPS) is 39.7. The third-order valence-corrected chi connectivity index (χ3v) is 6.82. The lowest BCUT2D eigenvalue weighted by molar-refractivity contribution is -0.124. The predicted octanol–water partition coefficient (Wildman–Crippen LogP) is 3.57. The van der Waals surface area contributed by atoms with Crippen LogP contribution in [0, 0.1) is 35.5 Å². The molecule has 118 valence electrons. The quantitative estimate of drug-likeness (QED) is 0.588. The molecule has 5 aliphatic rings. The summed E-state index contributed by atoms with van der Waals surface area (Å²) >= 11 is 3.48. The molecule has 3 nitrogen and oxygen atoms in total. The van der Waals surface area contributed by atoms with Crippen molar-refractivity contribution in [1.82, 2.24) is 0 Å². The van der Waals surface area contributed by atoms with E-state index in [2.05, 4.69) is 35.0 Å². The Bertz CT molecular complexity index is 735. The number of carbonyl (C=O) groups excluding carboxylic acids is 2. The van der Waals surface area contributed by atoms with Crippen molar-refractivity contribution < 1.29 is 9.59 Å². The Balaban J connectivity index is 1.60. The van der Waals surface area contributed by atoms with Gasteiger partial charge in [0.1, 0.15) is 0 Å². The van der Waals surface area contributed by atoms with E-state index in [0.29, 0.717) is 11.8 Å². The van der Waals surface area contributed by atoms with Gasteiger partial charge in [0, 0.05) is 4.47 Å². The summed E-state index contributed by atoms with van der Waals surface area (Å²) in [6, 6.07) is 5.84. The molecule has 2 bridgehead atoms. The first-order valence-corrected chi connectivity index (χ1v) is 9.25. The number of anilines is 1. The molecule has 4 heteroatoms. The molecule has 6 rings (SSSR count). The number of hydrogen-bond acceptors (Lipinski definition) is 2. The average molecular weight is 372 g/mol. The molecule has 0 aromatic heterocycles. The molecule has 2 saturated carbocycles. The van der Waals surface area contributed by atoms with Crippen molar-refractivity contribution in [3.63, 3.8) is 0 Å². The van der Waals surface area contributed by atoms with E-state index < -0.39 is 0 Å². The number of benzene rings is 1. The highest BCUT2D eigenvalue weighted by Crippen LogP contribution is 2.65. The van der Waals surface area contributed by atoms with Gasteiger partial charge in [0.15, 0.2) is 0 Å². The molecule has 23 heavy (non-hydrogen) atoms. The fraction of sp³-hybridized carbons (Fsp3) is 0.474. The maximum atomic E-state index is 13.1. The third-order valence-electron chi connectivity index (χ3n) is 6.33. The van der Waals surface area contributed by atoms with Crippen molar-refractivity contribution in [2.45, 2.75) is 19.8 Å². The maximum Gasteiger partial charge on any atom is 0.238 e. The summed E-state index contributed by atoms with van der Waals surface area (Å²) in [5.41, 5.74) is 1.83. The molecule has 1 heterocycles. The Morgan fingerprint density at radius 3 is 2.26 bits per heavy atom. The fourth-order valence-corrected chi connectivity index (χ4v) is 5.66. The van der Waals surface area contributed by atoms with E-state index >= 15 is 0 Å². The van der Waals surface area contributed by atoms with E-state index in [1.165, 1.54) is 11.3 Å². The largest absolute Gasteiger partial charge is 0.274 e. The molecule has 1 aromatic rings. The highest BCUT2D eigenvalue weighted by molar-refractivity contribution is 9.10. The summed E-state index contributed by atoms with van der Waals surface area (Å²) in [7, 11) is 0. The Morgan fingerprint density at radius 2 is 1.70 bits per heavy atom. The standard InChI is InChI=1S/C19H18BrNO2/c1-2-9-7-10(20)3-6-15(9)21-18(22)16-11-4-5-12(14-8-13(11)14)17(16)19(21)23/h3-7,11-14,16-17H,2,8H2,1H3/t11-,12-,13-,14-,16-,17+/m0/s1. The minimum absolute atomic E-state index is 0.0294. The monoisotopic (exact) mass is 371 g/mol. The van der Waals surface area contributed by atoms with Crippen LogP contribution in [-0.2, 0) is 16.0 Å². The number of allylic oxidation sites excluding steroid dienone is 2. The summed E-state index contributed by atoms with van der Waals surface area (Å²) in [4.78, 5) is 27.7. The molecule has 0 radical (unpaired) electrons. The second-order valence-electron chi connectivity index (χ2n) is 7.29. The number of carbonyl (C=O) groups is 2. The lowest BCUT2D eigenvalue weighted by atomic mass is 9.63. The zero-order valence-corrected chi connectivity index (χ0v) is 14.5. The molecule has 4 aliphatic carbocycles. The van der Waals surface area contributed by atoms with Crippen LogP contribution < -0.4 is 4.90 Å². The van der Waals surface area contributed by atoms with E-state index in [4.69, 9.17) is 0 Å². The Labute approximate surface area is 143 Å². The summed E-state index contributed by atoms with van der Waals surface area (Å²) in [5, 5.41) is 0. The van der Waals surface area contributed by atoms with Crippen LogP contribution in [0.4, 0.5) is 5.69 Å². The molecule has 3 fully saturated rings. The number of aryl methyl sites for hydroxylation is 1. The van der Waals surface area contributed by atoms with Crippen molar-refractivity contribution in [3.8, 4) is 0 Å². The Kier molecular flexibility index (Phi) is 2.77. The molecule has 0 N–H and O–H groups in total. The van der Waals surface area contributed by atoms with Crippen LogP contribution >= 0.6 is 15.9 Å². The Morgan fingerprint density at radius 1 is 1.09 bits per heavy atom. The number of hydrogen-bond donors (Lipinski definition) is 0. The van der Waals surface area contributed by atoms with E-state index in [1.54, 1.807) is 0 Å². The van der Waals surface area contributed by atoms with Gasteiger partial charge in [-0.2, -0.15) is 0 Å². The second-order valence-corrected chi connectivity index (χ2v) is 8.21. The summed E-state index contributed by atoms with van der Waals surface area (Å²) < 4.78 is 0.984. The summed E-state index contributed by atoms with van der Waals surface area (Å²) in [6.07, 6.45) is 6.44. The van der Waals surface area contributed by atoms with Gasteiger partial charge >= 0.3 is 0 Å². The van der Waals surface area contributed by atoms with Crippen molar-refractivity contribution in [2.24, 2.45) is 35.5 Å². The van der Waals surface area contributed by atoms with Crippen LogP contribution in [0.25, 0.3) is 0 Å². The predicted molar refractivity (Wildman–Crippen MR) is 90.7 cm³/mol. The van der Waals surface area contributed by atoms with Gasteiger partial charge in [-0.15, -0.1) is 0 Å². The highest BCUT2D eigenvalue weighted by Gasteiger charge is 2.67. The number of amides is 2. The van der Waals surface area contributed by atoms with Crippen molar-refractivity contribution in [1.29, 1.82) is 0 Å². The molecule has 1 aliphatic heterocycles. The van der Waals surface area contributed by atoms with E-state index in [1.807, 2.05) is 18.2 Å². The van der Waals surface area contributed by atoms with Gasteiger partial charge in [-0.25, -0.2) is 4.90 Å². The molecule has 0 unspecified atom stereocenters. The summed E-state index contributed by atoms with van der Waals surface area (Å²) in [5.74, 6) is 1.71. The second kappa shape index (κ2) is 4.56. The first-order chi connectivity index (χ1) is 11.1. The van der Waals surface area contributed by atoms with Gasteiger partial charge in [0.25, 0.3) is 0 Å². The van der Waals surface area contributed by atoms with Gasteiger partial charge in [0.2, 0.25) is 11.8 Å². The molecule has 2 amide bonds. The average Bonchev–Trinajstić information content (AvgIpc) is 3.33. The Hall–Kier alpha value is -1.42. The van der Waals surface area contributed by atoms with Crippen LogP contribution in [0.5, 0.6) is 0 Å². The molecular formula is C19H18BrNO2. The molecule has 1 aromatic carbocycles. The lowest BCUT2D eigenvalue weighted by Gasteiger charge is -2.37. The van der Waals surface area contributed by atoms with Gasteiger partial charge in [-0.1, -0.05) is 35.0 Å². The van der Waals surface area contributed by atoms with Gasteiger partial charge in [0.05, 0.1) is 17.5 Å². The fourth-order valence-electron chi connectivity index (χ4n) is 5.25. The molecule has 6 atom stereocenters. The number of halogens is 1. The van der Waals surface area contributed by atoms with Crippen molar-refractivity contribution in [3.05, 3.63) is 40.4 Å². The van der Waals surface area contributed by atoms with E-state index in [0.717, 1.165) is 22.1 Å². The number of imide groups is 1. The highest BCUT2D eigenvalue weighted by atomic mass is 79.9. The zero-order chi connectivity index (χ0) is 15.9. The minimum Gasteiger partial charge on any atom is -0.274 e. The smallest absolute Gasteiger partial charge is 0.238 e. The SMILES string of the molecule is CCc1cc(Br)ccc1N1C(=O)[C@@H]2[C@H]3C=C[C@@H]([C@@H]4C[C@@H]34)[C@@H]2C1=O. The summed E-state index contributed by atoms with van der Waals surface area (Å²) in [6.45, 7) is 2.06. The lowest BCUT2D eigenvalue weighted by Crippen LogP contribution is -2.40. The van der Waals surface area contributed by atoms with Crippen molar-refractivity contribution in [2.75, 3.05) is 4.90 Å². The minimum atomic E-state index is -0.116.